The molecule has 0 aliphatic carbocycles. The van der Waals surface area contributed by atoms with Gasteiger partial charge in [-0.1, -0.05) is 6.07 Å². The van der Waals surface area contributed by atoms with Crippen LogP contribution in [-0.2, 0) is 4.84 Å². The summed E-state index contributed by atoms with van der Waals surface area (Å²) >= 11 is 0. The Hall–Kier alpha value is -1.55. The van der Waals surface area contributed by atoms with Gasteiger partial charge >= 0.3 is 0 Å². The normalized spacial score (nSPS) is 15.2. The highest BCUT2D eigenvalue weighted by atomic mass is 16.6. The van der Waals surface area contributed by atoms with Gasteiger partial charge in [0, 0.05) is 24.3 Å². The zero-order valence-electron chi connectivity index (χ0n) is 9.40. The van der Waals surface area contributed by atoms with Gasteiger partial charge in [-0.2, -0.15) is 0 Å². The minimum atomic E-state index is -0.205. The van der Waals surface area contributed by atoms with Crippen LogP contribution in [0.15, 0.2) is 24.3 Å². The fourth-order valence-corrected chi connectivity index (χ4v) is 1.97. The second kappa shape index (κ2) is 4.99. The zero-order chi connectivity index (χ0) is 11.4. The molecule has 1 fully saturated rings. The summed E-state index contributed by atoms with van der Waals surface area (Å²) in [6, 6.07) is 7.63. The first-order valence-electron chi connectivity index (χ1n) is 5.49. The Morgan fingerprint density at radius 1 is 1.38 bits per heavy atom. The van der Waals surface area contributed by atoms with Gasteiger partial charge in [0.05, 0.1) is 7.11 Å². The lowest BCUT2D eigenvalue weighted by atomic mass is 10.2. The maximum absolute atomic E-state index is 11.6. The fraction of sp³-hybridized carbons (Fsp3) is 0.417. The van der Waals surface area contributed by atoms with Crippen molar-refractivity contribution < 1.29 is 9.63 Å². The number of hydrogen-bond acceptors (Lipinski definition) is 3. The molecule has 1 aliphatic heterocycles. The lowest BCUT2D eigenvalue weighted by Gasteiger charge is -2.18. The molecule has 0 spiro atoms. The third-order valence-electron chi connectivity index (χ3n) is 2.77. The minimum Gasteiger partial charge on any atom is -0.372 e. The van der Waals surface area contributed by atoms with E-state index in [0.717, 1.165) is 18.8 Å². The van der Waals surface area contributed by atoms with Crippen LogP contribution in [0.5, 0.6) is 0 Å². The van der Waals surface area contributed by atoms with Crippen LogP contribution in [-0.4, -0.2) is 26.1 Å². The number of amides is 1. The molecule has 4 heteroatoms. The number of nitrogens with zero attached hydrogens (tertiary/aromatic N) is 1. The number of carbonyl (C=O) groups excluding carboxylic acids is 1. The van der Waals surface area contributed by atoms with E-state index < -0.39 is 0 Å². The molecule has 0 aromatic heterocycles. The van der Waals surface area contributed by atoms with Gasteiger partial charge in [0.2, 0.25) is 0 Å². The van der Waals surface area contributed by atoms with Gasteiger partial charge in [-0.05, 0) is 31.0 Å². The minimum absolute atomic E-state index is 0.205. The summed E-state index contributed by atoms with van der Waals surface area (Å²) in [6.07, 6.45) is 2.46. The molecule has 1 heterocycles. The van der Waals surface area contributed by atoms with Gasteiger partial charge in [0.25, 0.3) is 5.91 Å². The van der Waals surface area contributed by atoms with Crippen molar-refractivity contribution in [2.45, 2.75) is 12.8 Å². The predicted octanol–water partition coefficient (Wildman–Crippen LogP) is 1.58. The molecule has 1 amide bonds. The first-order chi connectivity index (χ1) is 7.81. The van der Waals surface area contributed by atoms with Crippen LogP contribution >= 0.6 is 0 Å². The van der Waals surface area contributed by atoms with Crippen molar-refractivity contribution >= 4 is 11.6 Å². The van der Waals surface area contributed by atoms with Gasteiger partial charge in [-0.25, -0.2) is 5.48 Å². The summed E-state index contributed by atoms with van der Waals surface area (Å²) in [4.78, 5) is 18.5. The smallest absolute Gasteiger partial charge is 0.274 e. The van der Waals surface area contributed by atoms with E-state index in [2.05, 4.69) is 15.2 Å². The third-order valence-corrected chi connectivity index (χ3v) is 2.77. The van der Waals surface area contributed by atoms with E-state index in [1.165, 1.54) is 20.0 Å². The van der Waals surface area contributed by atoms with Crippen LogP contribution in [0.4, 0.5) is 5.69 Å². The van der Waals surface area contributed by atoms with Crippen LogP contribution in [0.1, 0.15) is 23.2 Å². The van der Waals surface area contributed by atoms with Gasteiger partial charge in [-0.15, -0.1) is 0 Å². The molecule has 86 valence electrons. The van der Waals surface area contributed by atoms with E-state index in [1.54, 1.807) is 6.07 Å². The van der Waals surface area contributed by atoms with E-state index >= 15 is 0 Å². The average molecular weight is 220 g/mol. The third kappa shape index (κ3) is 2.33. The quantitative estimate of drug-likeness (QED) is 0.786. The highest BCUT2D eigenvalue weighted by Crippen LogP contribution is 2.20. The van der Waals surface area contributed by atoms with Crippen molar-refractivity contribution in [2.24, 2.45) is 0 Å². The second-order valence-corrected chi connectivity index (χ2v) is 3.88. The van der Waals surface area contributed by atoms with Gasteiger partial charge in [0.15, 0.2) is 0 Å². The molecule has 1 aromatic carbocycles. The molecule has 1 aliphatic rings. The molecule has 0 saturated carbocycles. The molecular weight excluding hydrogens is 204 g/mol. The van der Waals surface area contributed by atoms with Crippen LogP contribution < -0.4 is 10.4 Å². The van der Waals surface area contributed by atoms with Gasteiger partial charge < -0.3 is 4.90 Å². The maximum atomic E-state index is 11.6. The van der Waals surface area contributed by atoms with Gasteiger partial charge in [-0.3, -0.25) is 9.63 Å². The summed E-state index contributed by atoms with van der Waals surface area (Å²) in [5.41, 5.74) is 4.07. The van der Waals surface area contributed by atoms with E-state index in [-0.39, 0.29) is 5.91 Å². The lowest BCUT2D eigenvalue weighted by Crippen LogP contribution is -2.23. The molecule has 0 unspecified atom stereocenters. The molecule has 1 N–H and O–H groups in total. The molecule has 0 bridgehead atoms. The summed E-state index contributed by atoms with van der Waals surface area (Å²) in [5.74, 6) is -0.205. The topological polar surface area (TPSA) is 41.6 Å². The molecule has 1 aromatic rings. The highest BCUT2D eigenvalue weighted by molar-refractivity contribution is 5.94. The maximum Gasteiger partial charge on any atom is 0.274 e. The van der Waals surface area contributed by atoms with E-state index in [1.807, 2.05) is 18.2 Å². The number of nitrogens with one attached hydrogen (secondary N) is 1. The average Bonchev–Trinajstić information content (AvgIpc) is 2.83. The first-order valence-corrected chi connectivity index (χ1v) is 5.49. The van der Waals surface area contributed by atoms with Crippen molar-refractivity contribution in [2.75, 3.05) is 25.1 Å². The van der Waals surface area contributed by atoms with E-state index in [4.69, 9.17) is 0 Å². The number of benzene rings is 1. The molecule has 16 heavy (non-hydrogen) atoms. The highest BCUT2D eigenvalue weighted by Gasteiger charge is 2.13. The Bertz CT molecular complexity index is 373. The van der Waals surface area contributed by atoms with Crippen LogP contribution in [0.3, 0.4) is 0 Å². The molecule has 2 rings (SSSR count). The van der Waals surface area contributed by atoms with Crippen molar-refractivity contribution in [3.8, 4) is 0 Å². The first kappa shape index (κ1) is 11.0. The largest absolute Gasteiger partial charge is 0.372 e. The second-order valence-electron chi connectivity index (χ2n) is 3.88. The van der Waals surface area contributed by atoms with Crippen molar-refractivity contribution in [3.63, 3.8) is 0 Å². The molecule has 0 atom stereocenters. The Morgan fingerprint density at radius 3 is 2.81 bits per heavy atom. The zero-order valence-corrected chi connectivity index (χ0v) is 9.40. The SMILES string of the molecule is CONC(=O)c1cccc(N2CCCC2)c1. The summed E-state index contributed by atoms with van der Waals surface area (Å²) in [5, 5.41) is 0. The van der Waals surface area contributed by atoms with Crippen LogP contribution in [0.2, 0.25) is 0 Å². The molecule has 0 radical (unpaired) electrons. The summed E-state index contributed by atoms with van der Waals surface area (Å²) in [7, 11) is 1.43. The van der Waals surface area contributed by atoms with Crippen molar-refractivity contribution in [3.05, 3.63) is 29.8 Å². The Morgan fingerprint density at radius 2 is 2.12 bits per heavy atom. The Balaban J connectivity index is 2.15. The lowest BCUT2D eigenvalue weighted by molar-refractivity contribution is 0.0537. The standard InChI is InChI=1S/C12H16N2O2/c1-16-13-12(15)10-5-4-6-11(9-10)14-7-2-3-8-14/h4-6,9H,2-3,7-8H2,1H3,(H,13,15). The number of hydroxylamine groups is 1. The number of rotatable bonds is 3. The predicted molar refractivity (Wildman–Crippen MR) is 62.4 cm³/mol. The van der Waals surface area contributed by atoms with E-state index in [9.17, 15) is 4.79 Å². The number of anilines is 1. The van der Waals surface area contributed by atoms with Crippen molar-refractivity contribution in [1.82, 2.24) is 5.48 Å². The molecule has 4 nitrogen and oxygen atoms in total. The van der Waals surface area contributed by atoms with E-state index in [0.29, 0.717) is 5.56 Å². The van der Waals surface area contributed by atoms with Gasteiger partial charge in [0.1, 0.15) is 0 Å². The van der Waals surface area contributed by atoms with Crippen LogP contribution in [0, 0.1) is 0 Å². The van der Waals surface area contributed by atoms with Crippen molar-refractivity contribution in [1.29, 1.82) is 0 Å². The Labute approximate surface area is 95.2 Å². The summed E-state index contributed by atoms with van der Waals surface area (Å²) in [6.45, 7) is 2.16. The fourth-order valence-electron chi connectivity index (χ4n) is 1.97. The molecule has 1 saturated heterocycles. The number of hydrogen-bond donors (Lipinski definition) is 1. The van der Waals surface area contributed by atoms with Crippen LogP contribution in [0.25, 0.3) is 0 Å². The number of carbonyl (C=O) groups is 1. The monoisotopic (exact) mass is 220 g/mol. The summed E-state index contributed by atoms with van der Waals surface area (Å²) < 4.78 is 0. The molecular formula is C12H16N2O2. The Kier molecular flexibility index (Phi) is 3.41.